The molecule has 2 saturated heterocycles. The fourth-order valence-electron chi connectivity index (χ4n) is 6.73. The zero-order valence-corrected chi connectivity index (χ0v) is 33.3. The Balaban J connectivity index is 1.73. The summed E-state index contributed by atoms with van der Waals surface area (Å²) in [5.41, 5.74) is -0.696. The van der Waals surface area contributed by atoms with Gasteiger partial charge in [-0.1, -0.05) is 74.0 Å². The van der Waals surface area contributed by atoms with E-state index >= 15 is 0 Å². The lowest BCUT2D eigenvalue weighted by atomic mass is 9.81. The summed E-state index contributed by atoms with van der Waals surface area (Å²) in [7, 11) is 3.07. The van der Waals surface area contributed by atoms with E-state index in [-0.39, 0.29) is 29.7 Å². The maximum absolute atomic E-state index is 14.1. The molecular weight excluding hydrogens is 726 g/mol. The molecule has 4 N–H and O–H groups in total. The van der Waals surface area contributed by atoms with Gasteiger partial charge >= 0.3 is 12.1 Å². The first kappa shape index (κ1) is 42.6. The summed E-state index contributed by atoms with van der Waals surface area (Å²) in [6, 6.07) is 2.51. The van der Waals surface area contributed by atoms with E-state index in [2.05, 4.69) is 19.2 Å². The van der Waals surface area contributed by atoms with Gasteiger partial charge in [0.15, 0.2) is 5.72 Å². The number of thioether (sulfide) groups is 1. The number of anilines is 1. The molecule has 0 radical (unpaired) electrons. The average molecular weight is 780 g/mol. The number of likely N-dealkylation sites (N-methyl/N-ethyl adjacent to an activating group) is 1. The van der Waals surface area contributed by atoms with Crippen molar-refractivity contribution in [3.05, 3.63) is 52.1 Å². The summed E-state index contributed by atoms with van der Waals surface area (Å²) < 4.78 is 17.9. The van der Waals surface area contributed by atoms with Crippen molar-refractivity contribution >= 4 is 52.3 Å². The zero-order chi connectivity index (χ0) is 39.4. The van der Waals surface area contributed by atoms with Gasteiger partial charge in [0.25, 0.3) is 5.24 Å². The number of aliphatic hydroxyl groups excluding tert-OH is 2. The first-order valence-electron chi connectivity index (χ1n) is 18.0. The van der Waals surface area contributed by atoms with Crippen molar-refractivity contribution in [3.8, 4) is 0 Å². The van der Waals surface area contributed by atoms with Crippen molar-refractivity contribution in [2.75, 3.05) is 31.4 Å². The van der Waals surface area contributed by atoms with E-state index in [4.69, 9.17) is 25.8 Å². The van der Waals surface area contributed by atoms with E-state index in [1.165, 1.54) is 16.8 Å². The van der Waals surface area contributed by atoms with Crippen LogP contribution in [0.2, 0.25) is 5.02 Å². The molecule has 294 valence electrons. The maximum atomic E-state index is 14.1. The number of amides is 3. The van der Waals surface area contributed by atoms with Crippen LogP contribution in [0.5, 0.6) is 0 Å². The second-order valence-electron chi connectivity index (χ2n) is 15.1. The highest BCUT2D eigenvalue weighted by Crippen LogP contribution is 2.49. The number of carbonyl (C=O) groups is 4. The number of nitrogens with one attached hydrogen (secondary N) is 1. The van der Waals surface area contributed by atoms with Crippen molar-refractivity contribution in [1.82, 2.24) is 10.2 Å². The fourth-order valence-corrected chi connectivity index (χ4v) is 8.15. The van der Waals surface area contributed by atoms with E-state index in [1.807, 2.05) is 13.0 Å². The Bertz CT molecular complexity index is 1610. The van der Waals surface area contributed by atoms with E-state index in [9.17, 15) is 34.5 Å². The lowest BCUT2D eigenvalue weighted by Gasteiger charge is -2.42. The first-order chi connectivity index (χ1) is 24.8. The summed E-state index contributed by atoms with van der Waals surface area (Å²) >= 11 is 7.84. The van der Waals surface area contributed by atoms with Gasteiger partial charge in [-0.3, -0.25) is 14.9 Å². The third kappa shape index (κ3) is 9.95. The maximum Gasteiger partial charge on any atom is 0.409 e. The number of carbonyl (C=O) groups excluding carboxylic acids is 4. The molecule has 13 nitrogen and oxygen atoms in total. The van der Waals surface area contributed by atoms with Crippen molar-refractivity contribution in [2.45, 2.75) is 110 Å². The van der Waals surface area contributed by atoms with Gasteiger partial charge in [0.05, 0.1) is 36.4 Å². The number of hydrogen-bond donors (Lipinski definition) is 4. The highest BCUT2D eigenvalue weighted by Gasteiger charge is 2.64. The number of allylic oxidation sites excluding steroid dienone is 3. The van der Waals surface area contributed by atoms with Gasteiger partial charge in [0, 0.05) is 38.1 Å². The molecule has 15 heteroatoms. The minimum atomic E-state index is -1.86. The SMILES string of the molecule is C/C1=C\C=C\[C@@H](CO)[C@@]2(O)C[C@H](OC(=O)N2)[C@@H](C)[C@@H]2O[C@@]2(C)[C@@H](OC(=O)[C@H](C)N(C)C(=O)SCCC(C)C)CC(=O)N(C)c2cc(cc(CO)c2Cl)C1. The van der Waals surface area contributed by atoms with Crippen molar-refractivity contribution in [3.63, 3.8) is 0 Å². The zero-order valence-electron chi connectivity index (χ0n) is 31.8. The largest absolute Gasteiger partial charge is 0.457 e. The summed E-state index contributed by atoms with van der Waals surface area (Å²) in [5, 5.41) is 34.5. The number of ether oxygens (including phenoxy) is 3. The van der Waals surface area contributed by atoms with Crippen LogP contribution >= 0.6 is 23.4 Å². The van der Waals surface area contributed by atoms with Crippen LogP contribution in [0, 0.1) is 17.8 Å². The van der Waals surface area contributed by atoms with Crippen LogP contribution in [-0.2, 0) is 36.8 Å². The number of benzene rings is 1. The highest BCUT2D eigenvalue weighted by molar-refractivity contribution is 8.13. The van der Waals surface area contributed by atoms with Gasteiger partial charge in [0.2, 0.25) is 5.91 Å². The monoisotopic (exact) mass is 779 g/mol. The number of halogens is 1. The Morgan fingerprint density at radius 3 is 2.57 bits per heavy atom. The summed E-state index contributed by atoms with van der Waals surface area (Å²) in [5.74, 6) is -1.64. The molecule has 4 bridgehead atoms. The molecule has 0 aliphatic carbocycles. The molecule has 3 amide bonds. The third-order valence-electron chi connectivity index (χ3n) is 10.5. The number of fused-ring (bicyclic) bond motifs is 5. The molecule has 0 aromatic heterocycles. The smallest absolute Gasteiger partial charge is 0.409 e. The first-order valence-corrected chi connectivity index (χ1v) is 19.3. The number of esters is 1. The molecule has 3 aliphatic rings. The molecule has 1 aromatic carbocycles. The molecule has 4 rings (SSSR count). The number of nitrogens with zero attached hydrogens (tertiary/aromatic N) is 2. The highest BCUT2D eigenvalue weighted by atomic mass is 35.5. The van der Waals surface area contributed by atoms with E-state index in [1.54, 1.807) is 52.1 Å². The van der Waals surface area contributed by atoms with Crippen LogP contribution in [0.25, 0.3) is 0 Å². The van der Waals surface area contributed by atoms with Crippen LogP contribution in [0.4, 0.5) is 15.3 Å². The normalized spacial score (nSPS) is 31.4. The lowest BCUT2D eigenvalue weighted by Crippen LogP contribution is -2.62. The second kappa shape index (κ2) is 17.5. The third-order valence-corrected chi connectivity index (χ3v) is 12.0. The molecule has 1 aromatic rings. The summed E-state index contributed by atoms with van der Waals surface area (Å²) in [6.45, 7) is 10.2. The predicted octanol–water partition coefficient (Wildman–Crippen LogP) is 4.96. The Hall–Kier alpha value is -3.14. The molecule has 0 unspecified atom stereocenters. The van der Waals surface area contributed by atoms with Crippen LogP contribution < -0.4 is 10.2 Å². The fraction of sp³-hybridized carbons (Fsp3) is 0.632. The quantitative estimate of drug-likeness (QED) is 0.207. The summed E-state index contributed by atoms with van der Waals surface area (Å²) in [4.78, 5) is 56.2. The van der Waals surface area contributed by atoms with Gasteiger partial charge in [0.1, 0.15) is 23.9 Å². The van der Waals surface area contributed by atoms with Gasteiger partial charge < -0.3 is 39.3 Å². The number of hydrogen-bond acceptors (Lipinski definition) is 11. The van der Waals surface area contributed by atoms with Gasteiger partial charge in [-0.25, -0.2) is 9.59 Å². The second-order valence-corrected chi connectivity index (χ2v) is 16.5. The standard InChI is InChI=1S/C38H54ClN3O10S/c1-21(2)12-13-53-36(48)41(7)24(5)34(46)51-30-17-31(45)42(8)28-16-25(15-26(19-43)32(28)39)14-22(3)10-9-11-27(20-44)38(49)18-29(50-35(47)40-38)23(4)33-37(30,6)52-33/h9-11,15-16,21,23-24,27,29-30,33,43-44,49H,12-14,17-20H2,1-8H3,(H,40,47)/b11-9+,22-10+/t23-,24+,27+,29+,30+,33+,37+,38+/m1/s1. The Kier molecular flexibility index (Phi) is 14.1. The number of alkyl carbamates (subject to hydrolysis) is 1. The molecule has 53 heavy (non-hydrogen) atoms. The average Bonchev–Trinajstić information content (AvgIpc) is 3.79. The van der Waals surface area contributed by atoms with Crippen LogP contribution in [0.1, 0.15) is 71.9 Å². The van der Waals surface area contributed by atoms with Crippen molar-refractivity contribution in [1.29, 1.82) is 0 Å². The van der Waals surface area contributed by atoms with E-state index in [0.29, 0.717) is 29.3 Å². The van der Waals surface area contributed by atoms with E-state index < -0.39 is 72.1 Å². The van der Waals surface area contributed by atoms with Crippen LogP contribution in [-0.4, -0.2) is 106 Å². The minimum Gasteiger partial charge on any atom is -0.457 e. The Morgan fingerprint density at radius 1 is 1.23 bits per heavy atom. The predicted molar refractivity (Wildman–Crippen MR) is 202 cm³/mol. The minimum absolute atomic E-state index is 0.0904. The topological polar surface area (TPSA) is 178 Å². The van der Waals surface area contributed by atoms with Crippen molar-refractivity contribution < 1.29 is 48.7 Å². The van der Waals surface area contributed by atoms with Gasteiger partial charge in [-0.15, -0.1) is 0 Å². The molecule has 2 fully saturated rings. The Labute approximate surface area is 321 Å². The molecule has 0 saturated carbocycles. The van der Waals surface area contributed by atoms with Gasteiger partial charge in [-0.05, 0) is 56.7 Å². The lowest BCUT2D eigenvalue weighted by molar-refractivity contribution is -0.157. The Morgan fingerprint density at radius 2 is 1.92 bits per heavy atom. The van der Waals surface area contributed by atoms with Crippen molar-refractivity contribution in [2.24, 2.45) is 17.8 Å². The number of rotatable bonds is 8. The molecule has 3 aliphatic heterocycles. The number of epoxide rings is 1. The van der Waals surface area contributed by atoms with Gasteiger partial charge in [-0.2, -0.15) is 0 Å². The summed E-state index contributed by atoms with van der Waals surface area (Å²) in [6.07, 6.45) is 2.34. The van der Waals surface area contributed by atoms with Crippen LogP contribution in [0.15, 0.2) is 35.9 Å². The van der Waals surface area contributed by atoms with E-state index in [0.717, 1.165) is 29.3 Å². The number of aliphatic hydroxyl groups is 3. The molecular formula is C38H54ClN3O10S. The molecule has 0 spiro atoms. The molecule has 8 atom stereocenters. The molecule has 3 heterocycles. The van der Waals surface area contributed by atoms with Crippen LogP contribution in [0.3, 0.4) is 0 Å².